The second-order valence-corrected chi connectivity index (χ2v) is 11.1. The number of hydrogen-bond donors (Lipinski definition) is 2. The van der Waals surface area contributed by atoms with E-state index in [1.165, 1.54) is 24.8 Å². The van der Waals surface area contributed by atoms with Gasteiger partial charge in [-0.3, -0.25) is 9.78 Å². The molecule has 33 heavy (non-hydrogen) atoms. The summed E-state index contributed by atoms with van der Waals surface area (Å²) >= 11 is 0. The Morgan fingerprint density at radius 1 is 1.18 bits per heavy atom. The molecule has 1 heterocycles. The summed E-state index contributed by atoms with van der Waals surface area (Å²) in [5, 5.41) is 17.8. The third-order valence-electron chi connectivity index (χ3n) is 9.50. The van der Waals surface area contributed by atoms with Crippen molar-refractivity contribution in [1.29, 1.82) is 0 Å². The van der Waals surface area contributed by atoms with Gasteiger partial charge in [-0.15, -0.1) is 0 Å². The van der Waals surface area contributed by atoms with Crippen molar-refractivity contribution in [2.24, 2.45) is 33.7 Å². The van der Waals surface area contributed by atoms with E-state index in [4.69, 9.17) is 4.84 Å². The quantitative estimate of drug-likeness (QED) is 0.650. The number of aliphatic hydroxyl groups is 1. The van der Waals surface area contributed by atoms with Gasteiger partial charge >= 0.3 is 0 Å². The van der Waals surface area contributed by atoms with Crippen molar-refractivity contribution in [3.63, 3.8) is 0 Å². The number of amides is 1. The van der Waals surface area contributed by atoms with Gasteiger partial charge in [-0.25, -0.2) is 0 Å². The molecule has 1 aromatic heterocycles. The number of rotatable bonds is 5. The van der Waals surface area contributed by atoms with Crippen molar-refractivity contribution in [3.8, 4) is 0 Å². The van der Waals surface area contributed by atoms with Crippen LogP contribution in [0.4, 0.5) is 0 Å². The standard InChI is InChI=1S/C27H37N3O3/c1-26-12-10-19(30-33-17-25(32)29-16-20-5-3-4-14-28-20)15-18(26)6-7-21-22-8-9-24(31)27(22,2)13-11-23(21)26/h3-5,14-15,21-24,31H,6-13,16-17H2,1-2H3,(H,29,32)/t21-,22-,23-,24+,26+,27+/m1/s1. The number of nitrogens with zero attached hydrogens (tertiary/aromatic N) is 2. The van der Waals surface area contributed by atoms with Crippen LogP contribution in [0.2, 0.25) is 0 Å². The maximum atomic E-state index is 12.1. The van der Waals surface area contributed by atoms with Gasteiger partial charge in [-0.2, -0.15) is 0 Å². The van der Waals surface area contributed by atoms with Crippen LogP contribution in [0.1, 0.15) is 70.9 Å². The molecule has 0 spiro atoms. The molecule has 0 saturated heterocycles. The molecule has 4 aliphatic rings. The highest BCUT2D eigenvalue weighted by molar-refractivity contribution is 5.96. The lowest BCUT2D eigenvalue weighted by Gasteiger charge is -2.57. The number of aliphatic hydroxyl groups excluding tert-OH is 1. The first-order chi connectivity index (χ1) is 15.9. The molecule has 0 radical (unpaired) electrons. The number of oxime groups is 1. The molecule has 2 N–H and O–H groups in total. The fourth-order valence-electron chi connectivity index (χ4n) is 7.53. The Balaban J connectivity index is 1.19. The molecule has 4 aliphatic carbocycles. The fourth-order valence-corrected chi connectivity index (χ4v) is 7.53. The lowest BCUT2D eigenvalue weighted by molar-refractivity contribution is -0.125. The number of hydrogen-bond acceptors (Lipinski definition) is 5. The predicted octanol–water partition coefficient (Wildman–Crippen LogP) is 4.39. The van der Waals surface area contributed by atoms with Crippen molar-refractivity contribution in [2.75, 3.05) is 6.61 Å². The van der Waals surface area contributed by atoms with Crippen molar-refractivity contribution in [2.45, 2.75) is 77.9 Å². The topological polar surface area (TPSA) is 83.8 Å². The summed E-state index contributed by atoms with van der Waals surface area (Å²) in [6.07, 6.45) is 12.7. The molecule has 1 amide bonds. The Morgan fingerprint density at radius 2 is 2.06 bits per heavy atom. The zero-order chi connectivity index (χ0) is 23.1. The fraction of sp³-hybridized carbons (Fsp3) is 0.667. The van der Waals surface area contributed by atoms with Gasteiger partial charge in [-0.1, -0.05) is 30.6 Å². The van der Waals surface area contributed by atoms with Gasteiger partial charge in [-0.05, 0) is 98.2 Å². The van der Waals surface area contributed by atoms with Gasteiger partial charge in [0, 0.05) is 6.20 Å². The zero-order valence-electron chi connectivity index (χ0n) is 19.9. The van der Waals surface area contributed by atoms with Crippen molar-refractivity contribution in [3.05, 3.63) is 41.7 Å². The van der Waals surface area contributed by atoms with E-state index in [1.54, 1.807) is 6.20 Å². The van der Waals surface area contributed by atoms with Crippen LogP contribution in [0.3, 0.4) is 0 Å². The summed E-state index contributed by atoms with van der Waals surface area (Å²) in [4.78, 5) is 21.7. The van der Waals surface area contributed by atoms with Crippen LogP contribution in [0.25, 0.3) is 0 Å². The minimum absolute atomic E-state index is 0.0793. The van der Waals surface area contributed by atoms with Crippen LogP contribution < -0.4 is 5.32 Å². The Labute approximate surface area is 196 Å². The largest absolute Gasteiger partial charge is 0.393 e. The van der Waals surface area contributed by atoms with Gasteiger partial charge in [0.25, 0.3) is 5.91 Å². The number of allylic oxidation sites excluding steroid dienone is 2. The summed E-state index contributed by atoms with van der Waals surface area (Å²) in [6.45, 7) is 5.12. The van der Waals surface area contributed by atoms with Gasteiger partial charge in [0.1, 0.15) is 0 Å². The third kappa shape index (κ3) is 4.11. The summed E-state index contributed by atoms with van der Waals surface area (Å²) < 4.78 is 0. The van der Waals surface area contributed by atoms with Crippen molar-refractivity contribution in [1.82, 2.24) is 10.3 Å². The molecule has 6 nitrogen and oxygen atoms in total. The highest BCUT2D eigenvalue weighted by atomic mass is 16.6. The number of aromatic nitrogens is 1. The van der Waals surface area contributed by atoms with E-state index in [1.807, 2.05) is 18.2 Å². The first kappa shape index (κ1) is 22.6. The molecule has 3 fully saturated rings. The first-order valence-corrected chi connectivity index (χ1v) is 12.6. The van der Waals surface area contributed by atoms with E-state index in [2.05, 4.69) is 35.4 Å². The summed E-state index contributed by atoms with van der Waals surface area (Å²) in [5.41, 5.74) is 3.65. The maximum Gasteiger partial charge on any atom is 0.261 e. The minimum Gasteiger partial charge on any atom is -0.393 e. The summed E-state index contributed by atoms with van der Waals surface area (Å²) in [6, 6.07) is 5.63. The van der Waals surface area contributed by atoms with Crippen LogP contribution >= 0.6 is 0 Å². The second-order valence-electron chi connectivity index (χ2n) is 11.1. The lowest BCUT2D eigenvalue weighted by Crippen LogP contribution is -2.51. The molecule has 0 aromatic carbocycles. The molecule has 0 bridgehead atoms. The molecule has 178 valence electrons. The average molecular weight is 452 g/mol. The van der Waals surface area contributed by atoms with Crippen LogP contribution in [-0.2, 0) is 16.2 Å². The number of nitrogens with one attached hydrogen (secondary N) is 1. The summed E-state index contributed by atoms with van der Waals surface area (Å²) in [5.74, 6) is 1.93. The SMILES string of the molecule is C[C@]12CC[C@@H]3[C@H](CCC4=CC(=NOCC(=O)NCc5ccccn5)CC[C@@]43C)[C@H]1CC[C@@H]2O. The van der Waals surface area contributed by atoms with E-state index >= 15 is 0 Å². The molecule has 5 rings (SSSR count). The molecule has 3 saturated carbocycles. The van der Waals surface area contributed by atoms with Crippen LogP contribution in [0.5, 0.6) is 0 Å². The van der Waals surface area contributed by atoms with Gasteiger partial charge in [0.05, 0.1) is 24.1 Å². The number of pyridine rings is 1. The monoisotopic (exact) mass is 451 g/mol. The lowest BCUT2D eigenvalue weighted by atomic mass is 9.47. The molecule has 6 atom stereocenters. The van der Waals surface area contributed by atoms with E-state index in [-0.39, 0.29) is 29.4 Å². The minimum atomic E-state index is -0.192. The van der Waals surface area contributed by atoms with Crippen molar-refractivity contribution >= 4 is 11.6 Å². The molecular formula is C27H37N3O3. The average Bonchev–Trinajstić information content (AvgIpc) is 3.13. The van der Waals surface area contributed by atoms with E-state index < -0.39 is 0 Å². The Bertz CT molecular complexity index is 945. The Morgan fingerprint density at radius 3 is 2.88 bits per heavy atom. The van der Waals surface area contributed by atoms with E-state index in [0.717, 1.165) is 49.4 Å². The molecule has 1 aromatic rings. The van der Waals surface area contributed by atoms with Crippen LogP contribution in [0.15, 0.2) is 41.2 Å². The normalized spacial score (nSPS) is 38.6. The van der Waals surface area contributed by atoms with Gasteiger partial charge in [0.15, 0.2) is 6.61 Å². The third-order valence-corrected chi connectivity index (χ3v) is 9.50. The maximum absolute atomic E-state index is 12.1. The second kappa shape index (κ2) is 8.86. The Kier molecular flexibility index (Phi) is 6.06. The molecule has 0 unspecified atom stereocenters. The molecule has 6 heteroatoms. The van der Waals surface area contributed by atoms with Crippen LogP contribution in [0, 0.1) is 28.6 Å². The molecular weight excluding hydrogens is 414 g/mol. The highest BCUT2D eigenvalue weighted by Crippen LogP contribution is 2.65. The van der Waals surface area contributed by atoms with Gasteiger partial charge < -0.3 is 15.3 Å². The molecule has 0 aliphatic heterocycles. The van der Waals surface area contributed by atoms with E-state index in [9.17, 15) is 9.90 Å². The summed E-state index contributed by atoms with van der Waals surface area (Å²) in [7, 11) is 0. The number of carbonyl (C=O) groups excluding carboxylic acids is 1. The van der Waals surface area contributed by atoms with Crippen LogP contribution in [-0.4, -0.2) is 34.4 Å². The number of fused-ring (bicyclic) bond motifs is 5. The number of carbonyl (C=O) groups is 1. The van der Waals surface area contributed by atoms with E-state index in [0.29, 0.717) is 18.4 Å². The highest BCUT2D eigenvalue weighted by Gasteiger charge is 2.58. The first-order valence-electron chi connectivity index (χ1n) is 12.6. The zero-order valence-corrected chi connectivity index (χ0v) is 19.9. The Hall–Kier alpha value is -2.21. The van der Waals surface area contributed by atoms with Crippen molar-refractivity contribution < 1.29 is 14.7 Å². The van der Waals surface area contributed by atoms with Gasteiger partial charge in [0.2, 0.25) is 0 Å². The smallest absolute Gasteiger partial charge is 0.261 e. The predicted molar refractivity (Wildman–Crippen MR) is 127 cm³/mol.